The number of nitrogens with zero attached hydrogens (tertiary/aromatic N) is 5. The number of aryl methyl sites for hydroxylation is 2. The first-order valence-electron chi connectivity index (χ1n) is 18.2. The zero-order valence-corrected chi connectivity index (χ0v) is 33.4. The van der Waals surface area contributed by atoms with Gasteiger partial charge >= 0.3 is 6.98 Å². The molecule has 0 amide bonds. The van der Waals surface area contributed by atoms with Crippen molar-refractivity contribution < 1.29 is 20.1 Å². The average Bonchev–Trinajstić information content (AvgIpc) is 3.79. The summed E-state index contributed by atoms with van der Waals surface area (Å²) in [6.07, 6.45) is 5.81. The summed E-state index contributed by atoms with van der Waals surface area (Å²) in [7, 11) is 0. The van der Waals surface area contributed by atoms with Gasteiger partial charge in [-0.05, 0) is 71.1 Å². The molecule has 265 valence electrons. The topological polar surface area (TPSA) is 37.2 Å². The van der Waals surface area contributed by atoms with E-state index in [1.807, 2.05) is 42.7 Å². The molecule has 7 aromatic rings. The standard InChI is InChI=1S/C25H19BN3.C21H23N2.Ir/c1-17-9-7-10-18(2)24(17)28-22-14-5-6-15-23(22)29-25-20(12-8-16-27-25)19-11-3-4-13-21(19)26(28)29;1-15(2)18-11-8-12-19(16(3)4)20(18)23-14-13-22-21(23)17-9-6-5-7-10-17;/h3-14,16H,1-2H3;5-9,11-16H,1-4H3;/q2*-1;. The van der Waals surface area contributed by atoms with Crippen LogP contribution in [-0.2, 0) is 20.1 Å². The Balaban J connectivity index is 0.000000166. The van der Waals surface area contributed by atoms with Gasteiger partial charge in [-0.1, -0.05) is 99.7 Å². The molecule has 9 rings (SSSR count). The van der Waals surface area contributed by atoms with Gasteiger partial charge in [0.15, 0.2) is 0 Å². The van der Waals surface area contributed by atoms with Gasteiger partial charge in [0.25, 0.3) is 0 Å². The molecule has 0 saturated carbocycles. The predicted octanol–water partition coefficient (Wildman–Crippen LogP) is 10.7. The number of pyridine rings is 1. The maximum absolute atomic E-state index is 4.81. The van der Waals surface area contributed by atoms with E-state index in [9.17, 15) is 0 Å². The summed E-state index contributed by atoms with van der Waals surface area (Å²) < 4.78 is 2.22. The molecule has 0 unspecified atom stereocenters. The Morgan fingerprint density at radius 2 is 1.28 bits per heavy atom. The molecule has 1 radical (unpaired) electrons. The molecule has 53 heavy (non-hydrogen) atoms. The van der Waals surface area contributed by atoms with Gasteiger partial charge < -0.3 is 14.2 Å². The number of anilines is 4. The number of hydrogen-bond donors (Lipinski definition) is 0. The van der Waals surface area contributed by atoms with Gasteiger partial charge in [-0.15, -0.1) is 42.0 Å². The van der Waals surface area contributed by atoms with Crippen LogP contribution >= 0.6 is 0 Å². The van der Waals surface area contributed by atoms with E-state index < -0.39 is 0 Å². The van der Waals surface area contributed by atoms with Crippen LogP contribution in [0.1, 0.15) is 61.8 Å². The van der Waals surface area contributed by atoms with E-state index in [-0.39, 0.29) is 27.1 Å². The van der Waals surface area contributed by atoms with Crippen molar-refractivity contribution in [2.24, 2.45) is 0 Å². The first kappa shape index (κ1) is 36.1. The molecule has 0 bridgehead atoms. The van der Waals surface area contributed by atoms with E-state index in [0.717, 1.165) is 22.9 Å². The van der Waals surface area contributed by atoms with Crippen molar-refractivity contribution in [3.63, 3.8) is 0 Å². The monoisotopic (exact) mass is 868 g/mol. The van der Waals surface area contributed by atoms with Crippen LogP contribution in [0.25, 0.3) is 28.2 Å². The molecule has 2 aliphatic rings. The summed E-state index contributed by atoms with van der Waals surface area (Å²) in [5.74, 6) is 2.85. The second kappa shape index (κ2) is 15.0. The van der Waals surface area contributed by atoms with Gasteiger partial charge in [-0.25, -0.2) is 4.98 Å². The van der Waals surface area contributed by atoms with Crippen molar-refractivity contribution in [1.29, 1.82) is 0 Å². The minimum Gasteiger partial charge on any atom is -0.415 e. The maximum atomic E-state index is 4.81. The predicted molar refractivity (Wildman–Crippen MR) is 217 cm³/mol. The molecule has 0 fully saturated rings. The van der Waals surface area contributed by atoms with Gasteiger partial charge in [0, 0.05) is 55.6 Å². The van der Waals surface area contributed by atoms with E-state index in [0.29, 0.717) is 11.8 Å². The van der Waals surface area contributed by atoms with Crippen molar-refractivity contribution in [1.82, 2.24) is 14.5 Å². The number of imidazole rings is 1. The van der Waals surface area contributed by atoms with Crippen LogP contribution in [-0.4, -0.2) is 21.5 Å². The van der Waals surface area contributed by atoms with Crippen LogP contribution < -0.4 is 15.1 Å². The molecule has 0 aliphatic carbocycles. The van der Waals surface area contributed by atoms with E-state index in [1.54, 1.807) is 0 Å². The van der Waals surface area contributed by atoms with Crippen LogP contribution in [0.5, 0.6) is 0 Å². The molecule has 4 heterocycles. The Bertz CT molecular complexity index is 2340. The zero-order valence-electron chi connectivity index (χ0n) is 31.0. The normalized spacial score (nSPS) is 12.4. The van der Waals surface area contributed by atoms with Crippen molar-refractivity contribution >= 4 is 35.3 Å². The zero-order chi connectivity index (χ0) is 35.9. The van der Waals surface area contributed by atoms with E-state index >= 15 is 0 Å². The summed E-state index contributed by atoms with van der Waals surface area (Å²) in [4.78, 5) is 14.2. The van der Waals surface area contributed by atoms with Gasteiger partial charge in [-0.2, -0.15) is 18.2 Å². The first-order chi connectivity index (χ1) is 25.3. The summed E-state index contributed by atoms with van der Waals surface area (Å²) in [5, 5.41) is 0. The van der Waals surface area contributed by atoms with Crippen molar-refractivity contribution in [2.45, 2.75) is 53.4 Å². The molecule has 2 aliphatic heterocycles. The number of fused-ring (bicyclic) bond motifs is 8. The number of rotatable bonds is 5. The minimum atomic E-state index is 0. The third-order valence-corrected chi connectivity index (χ3v) is 10.2. The van der Waals surface area contributed by atoms with Crippen LogP contribution in [0, 0.1) is 26.0 Å². The minimum absolute atomic E-state index is 0. The molecule has 0 N–H and O–H groups in total. The smallest absolute Gasteiger partial charge is 0.409 e. The summed E-state index contributed by atoms with van der Waals surface area (Å²) in [5.41, 5.74) is 14.8. The summed E-state index contributed by atoms with van der Waals surface area (Å²) in [6, 6.07) is 47.1. The fourth-order valence-corrected chi connectivity index (χ4v) is 7.88. The molecule has 5 aromatic carbocycles. The number of para-hydroxylation sites is 3. The first-order valence-corrected chi connectivity index (χ1v) is 18.2. The fourth-order valence-electron chi connectivity index (χ4n) is 7.88. The quantitative estimate of drug-likeness (QED) is 0.128. The van der Waals surface area contributed by atoms with Crippen molar-refractivity contribution in [3.8, 4) is 28.2 Å². The molecule has 2 aromatic heterocycles. The van der Waals surface area contributed by atoms with Crippen LogP contribution in [0.2, 0.25) is 0 Å². The molecule has 0 atom stereocenters. The number of benzene rings is 5. The Labute approximate surface area is 327 Å². The van der Waals surface area contributed by atoms with Crippen LogP contribution in [0.15, 0.2) is 134 Å². The number of hydrogen-bond acceptors (Lipinski definition) is 4. The van der Waals surface area contributed by atoms with Crippen LogP contribution in [0.3, 0.4) is 0 Å². The van der Waals surface area contributed by atoms with E-state index in [2.05, 4.69) is 164 Å². The third-order valence-electron chi connectivity index (χ3n) is 10.2. The average molecular weight is 868 g/mol. The number of aromatic nitrogens is 3. The summed E-state index contributed by atoms with van der Waals surface area (Å²) in [6.45, 7) is 13.4. The van der Waals surface area contributed by atoms with Crippen LogP contribution in [0.4, 0.5) is 22.9 Å². The maximum Gasteiger partial charge on any atom is 0.409 e. The fraction of sp³-hybridized carbons (Fsp3) is 0.174. The molecule has 0 saturated heterocycles. The Hall–Kier alpha value is -5.23. The summed E-state index contributed by atoms with van der Waals surface area (Å²) >= 11 is 0. The van der Waals surface area contributed by atoms with Gasteiger partial charge in [0.1, 0.15) is 5.82 Å². The molecular weight excluding hydrogens is 826 g/mol. The SMILES string of the molecule is CC(C)c1cccc(C(C)C)c1-n1ccnc1-c1[c-]cccc1.Cc1cccc(C)c1N1B2c3ccccc3-c3cccnc3N2c2[c-]cccc21.[Ir]. The molecule has 7 heteroatoms. The Kier molecular flexibility index (Phi) is 10.2. The molecular formula is C46H42BIrN5-2. The largest absolute Gasteiger partial charge is 0.415 e. The molecule has 5 nitrogen and oxygen atoms in total. The van der Waals surface area contributed by atoms with Gasteiger partial charge in [0.2, 0.25) is 0 Å². The second-order valence-corrected chi connectivity index (χ2v) is 14.2. The van der Waals surface area contributed by atoms with E-state index in [1.165, 1.54) is 55.9 Å². The Morgan fingerprint density at radius 1 is 0.604 bits per heavy atom. The molecule has 0 spiro atoms. The van der Waals surface area contributed by atoms with Crippen molar-refractivity contribution in [3.05, 3.63) is 168 Å². The van der Waals surface area contributed by atoms with Gasteiger partial charge in [-0.3, -0.25) is 4.98 Å². The third kappa shape index (κ3) is 6.32. The van der Waals surface area contributed by atoms with E-state index in [4.69, 9.17) is 4.98 Å². The second-order valence-electron chi connectivity index (χ2n) is 14.2. The van der Waals surface area contributed by atoms with Gasteiger partial charge in [0.05, 0.1) is 5.82 Å². The Morgan fingerprint density at radius 3 is 2.00 bits per heavy atom. The van der Waals surface area contributed by atoms with Crippen molar-refractivity contribution in [2.75, 3.05) is 9.62 Å².